The van der Waals surface area contributed by atoms with Crippen molar-refractivity contribution in [3.8, 4) is 0 Å². The lowest BCUT2D eigenvalue weighted by molar-refractivity contribution is -0.692. The number of nitrogens with one attached hydrogen (secondary N) is 2. The van der Waals surface area contributed by atoms with Gasteiger partial charge in [-0.05, 0) is 18.2 Å². The lowest BCUT2D eigenvalue weighted by Gasteiger charge is -2.19. The van der Waals surface area contributed by atoms with Crippen molar-refractivity contribution in [3.05, 3.63) is 65.7 Å². The second-order valence-electron chi connectivity index (χ2n) is 6.33. The molecule has 2 aromatic carbocycles. The van der Waals surface area contributed by atoms with Gasteiger partial charge in [-0.2, -0.15) is 0 Å². The van der Waals surface area contributed by atoms with E-state index < -0.39 is 0 Å². The molecule has 132 valence electrons. The Morgan fingerprint density at radius 1 is 1.04 bits per heavy atom. The molecule has 0 aromatic heterocycles. The van der Waals surface area contributed by atoms with E-state index in [4.69, 9.17) is 0 Å². The van der Waals surface area contributed by atoms with Crippen LogP contribution in [0.15, 0.2) is 54.6 Å². The summed E-state index contributed by atoms with van der Waals surface area (Å²) >= 11 is 0. The van der Waals surface area contributed by atoms with Gasteiger partial charge >= 0.3 is 0 Å². The number of rotatable bonds is 7. The van der Waals surface area contributed by atoms with Crippen LogP contribution in [0.3, 0.4) is 0 Å². The van der Waals surface area contributed by atoms with Gasteiger partial charge in [-0.3, -0.25) is 9.59 Å². The summed E-state index contributed by atoms with van der Waals surface area (Å²) in [6, 6.07) is 17.4. The van der Waals surface area contributed by atoms with E-state index in [1.54, 1.807) is 31.3 Å². The highest BCUT2D eigenvalue weighted by Gasteiger charge is 2.20. The summed E-state index contributed by atoms with van der Waals surface area (Å²) in [6.07, 6.45) is 0. The van der Waals surface area contributed by atoms with Crippen molar-refractivity contribution in [2.24, 2.45) is 5.92 Å². The second-order valence-corrected chi connectivity index (χ2v) is 6.33. The number of carbonyl (C=O) groups excluding carboxylic acids is 2. The van der Waals surface area contributed by atoms with Crippen LogP contribution < -0.4 is 16.0 Å². The Bertz CT molecular complexity index is 714. The first-order valence-corrected chi connectivity index (χ1v) is 8.51. The van der Waals surface area contributed by atoms with E-state index in [0.717, 1.165) is 0 Å². The quantitative estimate of drug-likeness (QED) is 0.721. The van der Waals surface area contributed by atoms with Crippen molar-refractivity contribution in [3.63, 3.8) is 0 Å². The van der Waals surface area contributed by atoms with Crippen molar-refractivity contribution < 1.29 is 14.9 Å². The maximum absolute atomic E-state index is 12.3. The van der Waals surface area contributed by atoms with Gasteiger partial charge in [0.15, 0.2) is 6.54 Å². The Morgan fingerprint density at radius 2 is 1.76 bits per heavy atom. The van der Waals surface area contributed by atoms with Gasteiger partial charge < -0.3 is 16.0 Å². The summed E-state index contributed by atoms with van der Waals surface area (Å²) < 4.78 is 0. The zero-order valence-corrected chi connectivity index (χ0v) is 15.0. The van der Waals surface area contributed by atoms with E-state index in [-0.39, 0.29) is 17.9 Å². The molecule has 2 amide bonds. The van der Waals surface area contributed by atoms with E-state index in [1.165, 1.54) is 5.56 Å². The minimum atomic E-state index is -0.174. The number of quaternary nitrogens is 1. The lowest BCUT2D eigenvalue weighted by atomic mass is 9.96. The van der Waals surface area contributed by atoms with E-state index in [0.29, 0.717) is 23.7 Å². The van der Waals surface area contributed by atoms with E-state index in [1.807, 2.05) is 18.2 Å². The molecule has 0 saturated carbocycles. The van der Waals surface area contributed by atoms with Gasteiger partial charge in [-0.15, -0.1) is 0 Å². The average molecular weight is 340 g/mol. The third-order valence-corrected chi connectivity index (χ3v) is 4.10. The average Bonchev–Trinajstić information content (AvgIpc) is 2.62. The molecular weight excluding hydrogens is 314 g/mol. The number of benzene rings is 2. The number of amides is 2. The standard InChI is InChI=1S/C20H25N3O2/c1-14(2)19(15-8-5-4-6-9-15)22-13-18(24)23-17-11-7-10-16(12-17)20(25)21-3/h4-12,14,19,22H,13H2,1-3H3,(H,21,25)(H,23,24)/p+1/t19-/m0/s1. The Labute approximate surface area is 148 Å². The molecule has 25 heavy (non-hydrogen) atoms. The van der Waals surface area contributed by atoms with Gasteiger partial charge in [-0.1, -0.05) is 50.2 Å². The Kier molecular flexibility index (Phi) is 6.71. The summed E-state index contributed by atoms with van der Waals surface area (Å²) in [5, 5.41) is 7.49. The number of nitrogens with two attached hydrogens (primary N) is 1. The maximum Gasteiger partial charge on any atom is 0.279 e. The van der Waals surface area contributed by atoms with Gasteiger partial charge in [0.2, 0.25) is 0 Å². The number of hydrogen-bond acceptors (Lipinski definition) is 2. The first-order chi connectivity index (χ1) is 12.0. The summed E-state index contributed by atoms with van der Waals surface area (Å²) in [7, 11) is 1.58. The van der Waals surface area contributed by atoms with Crippen LogP contribution in [0.1, 0.15) is 35.8 Å². The van der Waals surface area contributed by atoms with Crippen LogP contribution >= 0.6 is 0 Å². The molecule has 0 fully saturated rings. The molecule has 0 aliphatic carbocycles. The fourth-order valence-electron chi connectivity index (χ4n) is 2.80. The second kappa shape index (κ2) is 8.99. The van der Waals surface area contributed by atoms with Gasteiger partial charge in [-0.25, -0.2) is 0 Å². The summed E-state index contributed by atoms with van der Waals surface area (Å²) in [6.45, 7) is 4.62. The molecule has 4 N–H and O–H groups in total. The minimum absolute atomic E-state index is 0.0874. The third-order valence-electron chi connectivity index (χ3n) is 4.10. The van der Waals surface area contributed by atoms with Crippen molar-refractivity contribution in [2.75, 3.05) is 18.9 Å². The van der Waals surface area contributed by atoms with E-state index in [2.05, 4.69) is 41.9 Å². The fourth-order valence-corrected chi connectivity index (χ4v) is 2.80. The lowest BCUT2D eigenvalue weighted by Crippen LogP contribution is -2.88. The Hall–Kier alpha value is -2.66. The van der Waals surface area contributed by atoms with Crippen molar-refractivity contribution >= 4 is 17.5 Å². The number of anilines is 1. The van der Waals surface area contributed by atoms with Crippen LogP contribution in [0.4, 0.5) is 5.69 Å². The molecular formula is C20H26N3O2+. The molecule has 0 spiro atoms. The SMILES string of the molecule is CNC(=O)c1cccc(NC(=O)C[NH2+][C@H](c2ccccc2)C(C)C)c1. The Morgan fingerprint density at radius 3 is 2.40 bits per heavy atom. The van der Waals surface area contributed by atoms with Crippen LogP contribution in [-0.4, -0.2) is 25.4 Å². The predicted octanol–water partition coefficient (Wildman–Crippen LogP) is 1.95. The van der Waals surface area contributed by atoms with Crippen LogP contribution in [0.2, 0.25) is 0 Å². The summed E-state index contributed by atoms with van der Waals surface area (Å²) in [4.78, 5) is 23.9. The molecule has 5 nitrogen and oxygen atoms in total. The van der Waals surface area contributed by atoms with Crippen LogP contribution in [-0.2, 0) is 4.79 Å². The zero-order valence-electron chi connectivity index (χ0n) is 15.0. The molecule has 2 aromatic rings. The fraction of sp³-hybridized carbons (Fsp3) is 0.300. The summed E-state index contributed by atoms with van der Waals surface area (Å²) in [5.41, 5.74) is 2.36. The van der Waals surface area contributed by atoms with Crippen LogP contribution in [0, 0.1) is 5.92 Å². The topological polar surface area (TPSA) is 74.8 Å². The number of carbonyl (C=O) groups is 2. The maximum atomic E-state index is 12.3. The van der Waals surface area contributed by atoms with E-state index >= 15 is 0 Å². The Balaban J connectivity index is 1.97. The van der Waals surface area contributed by atoms with Gasteiger partial charge in [0.25, 0.3) is 11.8 Å². The van der Waals surface area contributed by atoms with Crippen LogP contribution in [0.25, 0.3) is 0 Å². The highest BCUT2D eigenvalue weighted by Crippen LogP contribution is 2.16. The third kappa shape index (κ3) is 5.43. The zero-order chi connectivity index (χ0) is 18.2. The predicted molar refractivity (Wildman–Crippen MR) is 99.3 cm³/mol. The normalized spacial score (nSPS) is 11.8. The van der Waals surface area contributed by atoms with Crippen molar-refractivity contribution in [1.82, 2.24) is 5.32 Å². The number of hydrogen-bond donors (Lipinski definition) is 3. The van der Waals surface area contributed by atoms with E-state index in [9.17, 15) is 9.59 Å². The molecule has 0 radical (unpaired) electrons. The minimum Gasteiger partial charge on any atom is -0.355 e. The van der Waals surface area contributed by atoms with Gasteiger partial charge in [0, 0.05) is 29.8 Å². The highest BCUT2D eigenvalue weighted by atomic mass is 16.2. The molecule has 0 saturated heterocycles. The molecule has 0 unspecified atom stereocenters. The molecule has 2 rings (SSSR count). The van der Waals surface area contributed by atoms with Crippen molar-refractivity contribution in [1.29, 1.82) is 0 Å². The van der Waals surface area contributed by atoms with Gasteiger partial charge in [0.05, 0.1) is 0 Å². The summed E-state index contributed by atoms with van der Waals surface area (Å²) in [5.74, 6) is 0.147. The molecule has 0 aliphatic heterocycles. The molecule has 0 bridgehead atoms. The molecule has 5 heteroatoms. The monoisotopic (exact) mass is 340 g/mol. The first-order valence-electron chi connectivity index (χ1n) is 8.51. The van der Waals surface area contributed by atoms with Gasteiger partial charge in [0.1, 0.15) is 6.04 Å². The molecule has 0 aliphatic rings. The smallest absolute Gasteiger partial charge is 0.279 e. The van der Waals surface area contributed by atoms with Crippen LogP contribution in [0.5, 0.6) is 0 Å². The molecule has 1 atom stereocenters. The first kappa shape index (κ1) is 18.7. The largest absolute Gasteiger partial charge is 0.355 e. The van der Waals surface area contributed by atoms with Crippen molar-refractivity contribution in [2.45, 2.75) is 19.9 Å². The highest BCUT2D eigenvalue weighted by molar-refractivity contribution is 5.97. The molecule has 0 heterocycles.